The number of rotatable bonds is 3. The van der Waals surface area contributed by atoms with Crippen LogP contribution in [-0.2, 0) is 0 Å². The van der Waals surface area contributed by atoms with Gasteiger partial charge in [-0.2, -0.15) is 0 Å². The smallest absolute Gasteiger partial charge is 0.342 e. The fourth-order valence-electron chi connectivity index (χ4n) is 1.72. The maximum Gasteiger partial charge on any atom is 0.342 e. The topological polar surface area (TPSA) is 83.0 Å². The van der Waals surface area contributed by atoms with Crippen molar-refractivity contribution in [1.82, 2.24) is 9.97 Å². The standard InChI is InChI=1S/C14H14N2O3/c1-8(2)9-3-5-10(6-4-9)12-15-7-11(14(18)19)13(17)16-12/h3-8H,1-2H3,(H,18,19)(H,15,16,17). The van der Waals surface area contributed by atoms with Crippen molar-refractivity contribution >= 4 is 5.97 Å². The normalized spacial score (nSPS) is 10.7. The fraction of sp³-hybridized carbons (Fsp3) is 0.214. The molecule has 2 N–H and O–H groups in total. The van der Waals surface area contributed by atoms with Gasteiger partial charge in [-0.05, 0) is 11.5 Å². The zero-order valence-electron chi connectivity index (χ0n) is 10.7. The van der Waals surface area contributed by atoms with Gasteiger partial charge in [0.1, 0.15) is 11.4 Å². The van der Waals surface area contributed by atoms with Gasteiger partial charge in [0.15, 0.2) is 0 Å². The minimum Gasteiger partial charge on any atom is -0.477 e. The van der Waals surface area contributed by atoms with E-state index < -0.39 is 11.5 Å². The lowest BCUT2D eigenvalue weighted by Gasteiger charge is -2.06. The molecule has 2 rings (SSSR count). The molecule has 19 heavy (non-hydrogen) atoms. The second kappa shape index (κ2) is 5.06. The van der Waals surface area contributed by atoms with Gasteiger partial charge in [0, 0.05) is 11.8 Å². The first-order chi connectivity index (χ1) is 8.99. The van der Waals surface area contributed by atoms with Gasteiger partial charge in [-0.25, -0.2) is 9.78 Å². The highest BCUT2D eigenvalue weighted by Gasteiger charge is 2.10. The molecule has 0 aliphatic rings. The number of H-pyrrole nitrogens is 1. The molecule has 0 radical (unpaired) electrons. The lowest BCUT2D eigenvalue weighted by molar-refractivity contribution is 0.0694. The molecule has 1 heterocycles. The summed E-state index contributed by atoms with van der Waals surface area (Å²) >= 11 is 0. The zero-order chi connectivity index (χ0) is 14.0. The highest BCUT2D eigenvalue weighted by molar-refractivity contribution is 5.86. The van der Waals surface area contributed by atoms with Crippen molar-refractivity contribution in [2.75, 3.05) is 0 Å². The molecule has 5 heteroatoms. The molecule has 0 aliphatic carbocycles. The molecule has 2 aromatic rings. The van der Waals surface area contributed by atoms with Crippen molar-refractivity contribution in [3.8, 4) is 11.4 Å². The number of nitrogens with zero attached hydrogens (tertiary/aromatic N) is 1. The van der Waals surface area contributed by atoms with Gasteiger partial charge in [-0.3, -0.25) is 4.79 Å². The summed E-state index contributed by atoms with van der Waals surface area (Å²) in [5, 5.41) is 8.76. The number of carboxylic acids is 1. The number of carboxylic acid groups (broad SMARTS) is 1. The van der Waals surface area contributed by atoms with Gasteiger partial charge in [0.05, 0.1) is 0 Å². The molecule has 0 amide bonds. The van der Waals surface area contributed by atoms with Crippen LogP contribution in [0, 0.1) is 0 Å². The summed E-state index contributed by atoms with van der Waals surface area (Å²) in [6.45, 7) is 4.19. The van der Waals surface area contributed by atoms with Gasteiger partial charge in [-0.1, -0.05) is 38.1 Å². The maximum atomic E-state index is 11.6. The highest BCUT2D eigenvalue weighted by Crippen LogP contribution is 2.19. The van der Waals surface area contributed by atoms with E-state index in [4.69, 9.17) is 5.11 Å². The Hall–Kier alpha value is -2.43. The summed E-state index contributed by atoms with van der Waals surface area (Å²) in [6.07, 6.45) is 1.08. The first-order valence-corrected chi connectivity index (χ1v) is 5.92. The predicted octanol–water partition coefficient (Wildman–Crippen LogP) is 2.26. The third-order valence-corrected chi connectivity index (χ3v) is 2.88. The van der Waals surface area contributed by atoms with E-state index in [9.17, 15) is 9.59 Å². The highest BCUT2D eigenvalue weighted by atomic mass is 16.4. The third kappa shape index (κ3) is 2.70. The van der Waals surface area contributed by atoms with Gasteiger partial charge >= 0.3 is 5.97 Å². The van der Waals surface area contributed by atoms with Crippen LogP contribution in [0.2, 0.25) is 0 Å². The molecule has 5 nitrogen and oxygen atoms in total. The molecule has 1 aromatic heterocycles. The van der Waals surface area contributed by atoms with Crippen LogP contribution < -0.4 is 5.56 Å². The summed E-state index contributed by atoms with van der Waals surface area (Å²) in [4.78, 5) is 28.7. The predicted molar refractivity (Wildman–Crippen MR) is 71.3 cm³/mol. The van der Waals surface area contributed by atoms with Gasteiger partial charge in [0.25, 0.3) is 5.56 Å². The van der Waals surface area contributed by atoms with E-state index in [-0.39, 0.29) is 5.56 Å². The minimum atomic E-state index is -1.28. The van der Waals surface area contributed by atoms with Crippen LogP contribution in [0.4, 0.5) is 0 Å². The van der Waals surface area contributed by atoms with Crippen LogP contribution in [0.5, 0.6) is 0 Å². The Balaban J connectivity index is 2.40. The van der Waals surface area contributed by atoms with E-state index in [0.29, 0.717) is 11.7 Å². The van der Waals surface area contributed by atoms with Crippen molar-refractivity contribution in [2.24, 2.45) is 0 Å². The van der Waals surface area contributed by atoms with Gasteiger partial charge in [-0.15, -0.1) is 0 Å². The number of benzene rings is 1. The molecule has 1 aromatic carbocycles. The Labute approximate surface area is 110 Å². The van der Waals surface area contributed by atoms with Crippen molar-refractivity contribution in [2.45, 2.75) is 19.8 Å². The van der Waals surface area contributed by atoms with Crippen molar-refractivity contribution in [3.05, 3.63) is 51.9 Å². The number of aromatic amines is 1. The van der Waals surface area contributed by atoms with Crippen molar-refractivity contribution in [1.29, 1.82) is 0 Å². The number of carbonyl (C=O) groups is 1. The first-order valence-electron chi connectivity index (χ1n) is 5.92. The average Bonchev–Trinajstić information content (AvgIpc) is 2.38. The molecular weight excluding hydrogens is 244 g/mol. The summed E-state index contributed by atoms with van der Waals surface area (Å²) in [5.41, 5.74) is 0.930. The second-order valence-electron chi connectivity index (χ2n) is 4.56. The Morgan fingerprint density at radius 3 is 2.37 bits per heavy atom. The zero-order valence-corrected chi connectivity index (χ0v) is 10.7. The first kappa shape index (κ1) is 13.0. The molecule has 98 valence electrons. The molecule has 0 bridgehead atoms. The molecule has 0 fully saturated rings. The van der Waals surface area contributed by atoms with Crippen LogP contribution in [-0.4, -0.2) is 21.0 Å². The Bertz CT molecular complexity index is 657. The Morgan fingerprint density at radius 1 is 1.26 bits per heavy atom. The summed E-state index contributed by atoms with van der Waals surface area (Å²) in [7, 11) is 0. The fourth-order valence-corrected chi connectivity index (χ4v) is 1.72. The van der Waals surface area contributed by atoms with E-state index in [1.165, 1.54) is 5.56 Å². The molecule has 0 spiro atoms. The molecular formula is C14H14N2O3. The number of hydrogen-bond donors (Lipinski definition) is 2. The van der Waals surface area contributed by atoms with Gasteiger partial charge < -0.3 is 10.1 Å². The van der Waals surface area contributed by atoms with E-state index in [2.05, 4.69) is 23.8 Å². The molecule has 0 atom stereocenters. The minimum absolute atomic E-state index is 0.359. The van der Waals surface area contributed by atoms with E-state index in [1.54, 1.807) is 0 Å². The maximum absolute atomic E-state index is 11.6. The third-order valence-electron chi connectivity index (χ3n) is 2.88. The molecule has 0 saturated carbocycles. The van der Waals surface area contributed by atoms with E-state index in [0.717, 1.165) is 11.8 Å². The van der Waals surface area contributed by atoms with Gasteiger partial charge in [0.2, 0.25) is 0 Å². The Morgan fingerprint density at radius 2 is 1.89 bits per heavy atom. The Kier molecular flexibility index (Phi) is 3.46. The molecule has 0 aliphatic heterocycles. The van der Waals surface area contributed by atoms with Crippen LogP contribution in [0.1, 0.15) is 35.7 Å². The average molecular weight is 258 g/mol. The summed E-state index contributed by atoms with van der Waals surface area (Å²) in [5.74, 6) is -0.490. The van der Waals surface area contributed by atoms with Crippen molar-refractivity contribution in [3.63, 3.8) is 0 Å². The lowest BCUT2D eigenvalue weighted by atomic mass is 10.0. The number of hydrogen-bond acceptors (Lipinski definition) is 3. The molecule has 0 unspecified atom stereocenters. The summed E-state index contributed by atoms with van der Waals surface area (Å²) < 4.78 is 0. The number of aromatic carboxylic acids is 1. The molecule has 0 saturated heterocycles. The van der Waals surface area contributed by atoms with Crippen LogP contribution in [0.3, 0.4) is 0 Å². The number of nitrogens with one attached hydrogen (secondary N) is 1. The van der Waals surface area contributed by atoms with Crippen LogP contribution in [0.25, 0.3) is 11.4 Å². The largest absolute Gasteiger partial charge is 0.477 e. The van der Waals surface area contributed by atoms with E-state index >= 15 is 0 Å². The van der Waals surface area contributed by atoms with Crippen LogP contribution in [0.15, 0.2) is 35.3 Å². The number of aromatic nitrogens is 2. The van der Waals surface area contributed by atoms with E-state index in [1.807, 2.05) is 24.3 Å². The van der Waals surface area contributed by atoms with Crippen molar-refractivity contribution < 1.29 is 9.90 Å². The monoisotopic (exact) mass is 258 g/mol. The van der Waals surface area contributed by atoms with Crippen LogP contribution >= 0.6 is 0 Å². The SMILES string of the molecule is CC(C)c1ccc(-c2ncc(C(=O)O)c(=O)[nH]2)cc1. The summed E-state index contributed by atoms with van der Waals surface area (Å²) in [6, 6.07) is 7.64. The second-order valence-corrected chi connectivity index (χ2v) is 4.56. The lowest BCUT2D eigenvalue weighted by Crippen LogP contribution is -2.18. The quantitative estimate of drug-likeness (QED) is 0.884.